The highest BCUT2D eigenvalue weighted by Gasteiger charge is 2.54. The van der Waals surface area contributed by atoms with Crippen LogP contribution in [-0.4, -0.2) is 70.7 Å². The molecule has 4 heterocycles. The lowest BCUT2D eigenvalue weighted by Gasteiger charge is -2.49. The molecule has 1 saturated heterocycles. The van der Waals surface area contributed by atoms with Gasteiger partial charge >= 0.3 is 5.97 Å². The van der Waals surface area contributed by atoms with E-state index in [4.69, 9.17) is 10.6 Å². The Morgan fingerprint density at radius 2 is 2.17 bits per heavy atom. The second-order valence-corrected chi connectivity index (χ2v) is 9.38. The lowest BCUT2D eigenvalue weighted by Crippen LogP contribution is -2.71. The second kappa shape index (κ2) is 9.74. The van der Waals surface area contributed by atoms with Gasteiger partial charge in [-0.25, -0.2) is 9.78 Å². The highest BCUT2D eigenvalue weighted by Crippen LogP contribution is 2.40. The van der Waals surface area contributed by atoms with Gasteiger partial charge in [0.05, 0.1) is 6.20 Å². The number of carbonyl (C=O) groups is 3. The van der Waals surface area contributed by atoms with Gasteiger partial charge in [0.1, 0.15) is 28.5 Å². The van der Waals surface area contributed by atoms with E-state index >= 15 is 0 Å². The summed E-state index contributed by atoms with van der Waals surface area (Å²) in [4.78, 5) is 59.3. The lowest BCUT2D eigenvalue weighted by atomic mass is 10.0. The highest BCUT2D eigenvalue weighted by molar-refractivity contribution is 8.00. The number of hydrogen-bond donors (Lipinski definition) is 5. The molecule has 2 aliphatic rings. The molecule has 2 aliphatic heterocycles. The second-order valence-electron chi connectivity index (χ2n) is 7.39. The molecular weight excluding hydrogens is 516 g/mol. The number of nitrogens with zero attached hydrogens (tertiary/aromatic N) is 4. The van der Waals surface area contributed by atoms with Gasteiger partial charge in [0.2, 0.25) is 5.43 Å². The van der Waals surface area contributed by atoms with Crippen LogP contribution in [-0.2, 0) is 25.8 Å². The molecule has 0 unspecified atom stereocenters. The molecule has 188 valence electrons. The molecular formula is C20H18N6O8S2. The van der Waals surface area contributed by atoms with Gasteiger partial charge in [-0.1, -0.05) is 17.8 Å². The first kappa shape index (κ1) is 24.8. The summed E-state index contributed by atoms with van der Waals surface area (Å²) in [6.45, 7) is 3.12. The number of nitrogens with two attached hydrogens (primary N) is 1. The van der Waals surface area contributed by atoms with Crippen molar-refractivity contribution in [1.29, 1.82) is 0 Å². The van der Waals surface area contributed by atoms with Crippen LogP contribution >= 0.6 is 23.1 Å². The number of rotatable bonds is 8. The number of carboxylic acids is 1. The standard InChI is InChI=1S/C20H18N6O8S2/c1-2-8-6-35-18-14(17(30)26(18)15(8)19(31)32)23-16(29)13(10-7-36-20(21)22-10)24-34-5-9-3-11(27)12(28)4-25(9)33/h2-4,7,14,18,28,33H,1,5-6H2,(H2,21,22)(H,23,29)(H,31,32)/b24-13-/t14-,18-/m1/s1. The zero-order valence-corrected chi connectivity index (χ0v) is 19.8. The number of thioether (sulfide) groups is 1. The maximum atomic E-state index is 13.1. The third-order valence-electron chi connectivity index (χ3n) is 5.17. The normalized spacial score (nSPS) is 19.4. The third kappa shape index (κ3) is 4.50. The fourth-order valence-corrected chi connectivity index (χ4v) is 5.32. The quantitative estimate of drug-likeness (QED) is 0.128. The summed E-state index contributed by atoms with van der Waals surface area (Å²) in [5, 5.41) is 35.9. The van der Waals surface area contributed by atoms with Gasteiger partial charge in [-0.2, -0.15) is 4.73 Å². The van der Waals surface area contributed by atoms with E-state index in [0.29, 0.717) is 10.3 Å². The van der Waals surface area contributed by atoms with Crippen LogP contribution in [0.2, 0.25) is 0 Å². The Morgan fingerprint density at radius 3 is 2.81 bits per heavy atom. The number of anilines is 1. The molecule has 1 fully saturated rings. The fourth-order valence-electron chi connectivity index (χ4n) is 3.43. The fraction of sp³-hybridized carbons (Fsp3) is 0.200. The summed E-state index contributed by atoms with van der Waals surface area (Å²) in [5.74, 6) is -3.14. The van der Waals surface area contributed by atoms with Gasteiger partial charge in [0, 0.05) is 17.2 Å². The number of carbonyl (C=O) groups excluding carboxylic acids is 2. The number of pyridine rings is 1. The van der Waals surface area contributed by atoms with Crippen molar-refractivity contribution in [3.8, 4) is 5.75 Å². The van der Waals surface area contributed by atoms with Gasteiger partial charge in [0.25, 0.3) is 11.8 Å². The Hall–Kier alpha value is -4.31. The van der Waals surface area contributed by atoms with Gasteiger partial charge in [0.15, 0.2) is 23.2 Å². The topological polar surface area (TPSA) is 210 Å². The first-order valence-electron chi connectivity index (χ1n) is 10.0. The Labute approximate surface area is 209 Å². The Kier molecular flexibility index (Phi) is 6.71. The van der Waals surface area contributed by atoms with Crippen LogP contribution in [0.1, 0.15) is 11.4 Å². The molecule has 0 bridgehead atoms. The summed E-state index contributed by atoms with van der Waals surface area (Å²) in [6, 6.07) is -0.123. The van der Waals surface area contributed by atoms with E-state index in [9.17, 15) is 34.6 Å². The third-order valence-corrected chi connectivity index (χ3v) is 7.15. The average Bonchev–Trinajstić information content (AvgIpc) is 3.27. The zero-order valence-electron chi connectivity index (χ0n) is 18.2. The molecule has 0 spiro atoms. The van der Waals surface area contributed by atoms with Crippen molar-refractivity contribution in [3.63, 3.8) is 0 Å². The van der Waals surface area contributed by atoms with E-state index in [1.807, 2.05) is 0 Å². The van der Waals surface area contributed by atoms with Gasteiger partial charge in [-0.3, -0.25) is 19.3 Å². The highest BCUT2D eigenvalue weighted by atomic mass is 32.2. The van der Waals surface area contributed by atoms with Crippen LogP contribution in [0.4, 0.5) is 5.13 Å². The number of nitrogen functional groups attached to an aromatic ring is 1. The minimum atomic E-state index is -1.28. The summed E-state index contributed by atoms with van der Waals surface area (Å²) < 4.78 is 0.458. The number of aliphatic carboxylic acids is 1. The molecule has 2 atom stereocenters. The molecule has 2 aromatic rings. The van der Waals surface area contributed by atoms with Crippen molar-refractivity contribution in [2.75, 3.05) is 11.5 Å². The van der Waals surface area contributed by atoms with E-state index in [1.165, 1.54) is 23.2 Å². The smallest absolute Gasteiger partial charge is 0.352 e. The van der Waals surface area contributed by atoms with Gasteiger partial charge in [-0.05, 0) is 5.57 Å². The Bertz CT molecular complexity index is 1400. The van der Waals surface area contributed by atoms with E-state index in [1.54, 1.807) is 0 Å². The van der Waals surface area contributed by atoms with Crippen molar-refractivity contribution >= 4 is 51.7 Å². The molecule has 0 radical (unpaired) electrons. The molecule has 4 rings (SSSR count). The van der Waals surface area contributed by atoms with Crippen molar-refractivity contribution in [2.45, 2.75) is 18.0 Å². The Morgan fingerprint density at radius 1 is 1.42 bits per heavy atom. The minimum Gasteiger partial charge on any atom is -0.503 e. The minimum absolute atomic E-state index is 0.0436. The number of fused-ring (bicyclic) bond motifs is 1. The summed E-state index contributed by atoms with van der Waals surface area (Å²) in [5.41, 5.74) is 4.73. The van der Waals surface area contributed by atoms with Crippen molar-refractivity contribution in [1.82, 2.24) is 19.9 Å². The monoisotopic (exact) mass is 534 g/mol. The van der Waals surface area contributed by atoms with Crippen molar-refractivity contribution in [3.05, 3.63) is 63.2 Å². The summed E-state index contributed by atoms with van der Waals surface area (Å²) in [6.07, 6.45) is 2.15. The van der Waals surface area contributed by atoms with Crippen molar-refractivity contribution < 1.29 is 34.6 Å². The predicted octanol–water partition coefficient (Wildman–Crippen LogP) is -0.325. The van der Waals surface area contributed by atoms with E-state index < -0.39 is 47.0 Å². The number of hydrogen-bond acceptors (Lipinski definition) is 12. The summed E-state index contributed by atoms with van der Waals surface area (Å²) in [7, 11) is 0. The first-order chi connectivity index (χ1) is 17.1. The number of thiazole rings is 1. The number of nitrogens with one attached hydrogen (secondary N) is 1. The molecule has 0 aromatic carbocycles. The van der Waals surface area contributed by atoms with Crippen LogP contribution in [0.3, 0.4) is 0 Å². The van der Waals surface area contributed by atoms with Crippen molar-refractivity contribution in [2.24, 2.45) is 5.16 Å². The first-order valence-corrected chi connectivity index (χ1v) is 11.9. The van der Waals surface area contributed by atoms with E-state index in [-0.39, 0.29) is 33.7 Å². The Balaban J connectivity index is 1.54. The molecule has 36 heavy (non-hydrogen) atoms. The molecule has 2 amide bonds. The average molecular weight is 535 g/mol. The zero-order chi connectivity index (χ0) is 26.1. The van der Waals surface area contributed by atoms with Crippen LogP contribution in [0.15, 0.2) is 51.5 Å². The van der Waals surface area contributed by atoms with Gasteiger partial charge < -0.3 is 31.3 Å². The van der Waals surface area contributed by atoms with Crippen LogP contribution in [0.5, 0.6) is 5.75 Å². The lowest BCUT2D eigenvalue weighted by molar-refractivity contribution is -0.150. The number of aromatic hydroxyl groups is 1. The number of allylic oxidation sites excluding steroid dienone is 1. The summed E-state index contributed by atoms with van der Waals surface area (Å²) >= 11 is 2.29. The molecule has 16 heteroatoms. The SMILES string of the molecule is C=CC1=C(C(=O)O)N2C(=O)[C@@H](NC(=O)/C(=N\OCc3cc(=O)c(O)cn3O)c3csc(N)n3)[C@H]2SC1. The molecule has 6 N–H and O–H groups in total. The molecule has 2 aromatic heterocycles. The van der Waals surface area contributed by atoms with Crippen LogP contribution < -0.4 is 16.5 Å². The maximum absolute atomic E-state index is 13.1. The maximum Gasteiger partial charge on any atom is 0.352 e. The number of β-lactam (4-membered cyclic amide) rings is 1. The van der Waals surface area contributed by atoms with Crippen LogP contribution in [0.25, 0.3) is 0 Å². The predicted molar refractivity (Wildman–Crippen MR) is 127 cm³/mol. The largest absolute Gasteiger partial charge is 0.503 e. The van der Waals surface area contributed by atoms with Crippen LogP contribution in [0, 0.1) is 0 Å². The molecule has 0 aliphatic carbocycles. The van der Waals surface area contributed by atoms with Gasteiger partial charge in [-0.15, -0.1) is 23.1 Å². The molecule has 14 nitrogen and oxygen atoms in total. The van der Waals surface area contributed by atoms with E-state index in [2.05, 4.69) is 22.0 Å². The molecule has 0 saturated carbocycles. The number of oxime groups is 1. The number of aromatic nitrogens is 2. The van der Waals surface area contributed by atoms with E-state index in [0.717, 1.165) is 28.5 Å². The number of amides is 2. The number of carboxylic acid groups (broad SMARTS) is 1.